The normalized spacial score (nSPS) is 13.5. The number of fused-ring (bicyclic) bond motifs is 4. The smallest absolute Gasteiger partial charge is 0.338 e. The van der Waals surface area contributed by atoms with Crippen LogP contribution in [0.15, 0.2) is 114 Å². The van der Waals surface area contributed by atoms with Gasteiger partial charge >= 0.3 is 17.9 Å². The van der Waals surface area contributed by atoms with Crippen LogP contribution in [0.2, 0.25) is 0 Å². The molecule has 2 aliphatic heterocycles. The number of aliphatic hydroxyl groups is 1. The number of aliphatic hydroxyl groups excluding tert-OH is 1. The molecule has 11 aromatic rings. The van der Waals surface area contributed by atoms with E-state index in [-0.39, 0.29) is 43.5 Å². The van der Waals surface area contributed by atoms with Crippen molar-refractivity contribution in [2.24, 2.45) is 0 Å². The summed E-state index contributed by atoms with van der Waals surface area (Å²) in [7, 11) is 0. The molecule has 0 atom stereocenters. The van der Waals surface area contributed by atoms with Crippen molar-refractivity contribution in [3.63, 3.8) is 0 Å². The largest absolute Gasteiger partial charge is 0.493 e. The Morgan fingerprint density at radius 1 is 0.471 bits per heavy atom. The molecule has 0 aliphatic carbocycles. The van der Waals surface area contributed by atoms with Gasteiger partial charge in [0.05, 0.1) is 56.3 Å². The summed E-state index contributed by atoms with van der Waals surface area (Å²) < 4.78 is 31.6. The average Bonchev–Trinajstić information content (AvgIpc) is 0.705. The number of ether oxygens (including phenoxy) is 5. The number of rotatable bonds is 23. The third-order valence-corrected chi connectivity index (χ3v) is 18.2. The van der Waals surface area contributed by atoms with Crippen molar-refractivity contribution in [3.8, 4) is 17.2 Å². The molecule has 2 amide bonds. The van der Waals surface area contributed by atoms with E-state index in [0.29, 0.717) is 108 Å². The van der Waals surface area contributed by atoms with Crippen molar-refractivity contribution in [3.05, 3.63) is 158 Å². The number of carbonyl (C=O) groups is 5. The summed E-state index contributed by atoms with van der Waals surface area (Å²) in [6.45, 7) is 11.3. The quantitative estimate of drug-likeness (QED) is 0.0162. The molecule has 13 rings (SSSR count). The highest BCUT2D eigenvalue weighted by Crippen LogP contribution is 2.52. The second-order valence-electron chi connectivity index (χ2n) is 23.1. The maximum absolute atomic E-state index is 14.5. The molecule has 0 saturated carbocycles. The molecule has 0 radical (unpaired) electrons. The predicted octanol–water partition coefficient (Wildman–Crippen LogP) is 16.5. The maximum atomic E-state index is 14.5. The number of halogens is 1. The zero-order valence-electron chi connectivity index (χ0n) is 49.4. The number of imide groups is 1. The molecule has 0 bridgehead atoms. The number of nitrogens with zero attached hydrogens (tertiary/aromatic N) is 2. The van der Waals surface area contributed by atoms with Crippen molar-refractivity contribution in [1.82, 2.24) is 9.80 Å². The molecule has 2 heterocycles. The summed E-state index contributed by atoms with van der Waals surface area (Å²) in [5.74, 6) is -1.04. The Hall–Kier alpha value is -8.43. The molecule has 87 heavy (non-hydrogen) atoms. The van der Waals surface area contributed by atoms with Crippen LogP contribution in [0.1, 0.15) is 148 Å². The third kappa shape index (κ3) is 9.90. The minimum Gasteiger partial charge on any atom is -0.493 e. The first-order chi connectivity index (χ1) is 42.5. The molecule has 13 nitrogen and oxygen atoms in total. The Morgan fingerprint density at radius 3 is 1.61 bits per heavy atom. The number of esters is 3. The number of β-amino-alcohol motifs (C(OH)–C–C–N with tert-alkyl or cyclic N) is 1. The van der Waals surface area contributed by atoms with Crippen LogP contribution in [0.5, 0.6) is 17.2 Å². The highest BCUT2D eigenvalue weighted by Gasteiger charge is 2.37. The van der Waals surface area contributed by atoms with Gasteiger partial charge in [0.2, 0.25) is 0 Å². The Balaban J connectivity index is 0.844. The second kappa shape index (κ2) is 24.0. The number of benzene rings is 11. The monoisotopic (exact) mass is 1230 g/mol. The summed E-state index contributed by atoms with van der Waals surface area (Å²) in [5, 5.41) is 23.3. The van der Waals surface area contributed by atoms with Crippen molar-refractivity contribution in [2.75, 3.05) is 46.1 Å². The summed E-state index contributed by atoms with van der Waals surface area (Å²) in [4.78, 5) is 74.3. The van der Waals surface area contributed by atoms with Gasteiger partial charge in [-0.05, 0) is 140 Å². The number of hydrogen-bond donors (Lipinski definition) is 1. The second-order valence-corrected chi connectivity index (χ2v) is 23.9. The summed E-state index contributed by atoms with van der Waals surface area (Å²) in [6.07, 6.45) is 7.33. The fraction of sp³-hybridized carbons (Fsp3) is 0.301. The van der Waals surface area contributed by atoms with E-state index in [2.05, 4.69) is 83.2 Å². The number of hydrogen-bond acceptors (Lipinski definition) is 12. The molecule has 11 aromatic carbocycles. The zero-order valence-corrected chi connectivity index (χ0v) is 51.0. The average molecular weight is 1230 g/mol. The van der Waals surface area contributed by atoms with E-state index in [1.54, 1.807) is 24.3 Å². The van der Waals surface area contributed by atoms with Crippen LogP contribution in [0.4, 0.5) is 0 Å². The lowest BCUT2D eigenvalue weighted by atomic mass is 9.82. The third-order valence-electron chi connectivity index (χ3n) is 17.6. The summed E-state index contributed by atoms with van der Waals surface area (Å²) in [5.41, 5.74) is 5.12. The fourth-order valence-corrected chi connectivity index (χ4v) is 14.0. The van der Waals surface area contributed by atoms with E-state index in [1.165, 1.54) is 21.9 Å². The Labute approximate surface area is 511 Å². The number of carbonyl (C=O) groups excluding carboxylic acids is 5. The van der Waals surface area contributed by atoms with Gasteiger partial charge in [0, 0.05) is 78.3 Å². The lowest BCUT2D eigenvalue weighted by Gasteiger charge is -2.30. The van der Waals surface area contributed by atoms with Gasteiger partial charge in [-0.15, -0.1) is 0 Å². The molecule has 0 saturated heterocycles. The van der Waals surface area contributed by atoms with Gasteiger partial charge in [-0.2, -0.15) is 0 Å². The molecule has 0 spiro atoms. The Morgan fingerprint density at radius 2 is 0.989 bits per heavy atom. The molecule has 0 fully saturated rings. The van der Waals surface area contributed by atoms with Crippen molar-refractivity contribution in [2.45, 2.75) is 98.6 Å². The highest BCUT2D eigenvalue weighted by molar-refractivity contribution is 9.10. The van der Waals surface area contributed by atoms with Gasteiger partial charge in [0.25, 0.3) is 11.8 Å². The predicted molar refractivity (Wildman–Crippen MR) is 346 cm³/mol. The van der Waals surface area contributed by atoms with Gasteiger partial charge in [-0.3, -0.25) is 19.4 Å². The van der Waals surface area contributed by atoms with E-state index in [9.17, 15) is 29.1 Å². The molecular formula is C73H67BrN2O11. The standard InChI is InChI=1S/C73H67BrN2O11/c1-5-9-33-83-57-28-27-48-46-20-16-43-40-75(39-42-15-19-45(60(46)59(42)43)47-21-25-53(66(57)61(47)48)72(81)85-35-11-7-3)30-29-41-13-17-44(18-14-41)87-58-38-55(73(82)86-36-12-8-4)63-52(71(80)84-34-10-6-2)26-23-49-64-56(74)37-54-62-51(69(78)76(31-32-77)70(54)79)24-22-50(67(62)64)65(58)68(49)63/h13-28,37-38,77H,5-12,29-36,39-40H2,1-4H3. The van der Waals surface area contributed by atoms with Gasteiger partial charge < -0.3 is 28.8 Å². The lowest BCUT2D eigenvalue weighted by molar-refractivity contribution is 0.0489. The van der Waals surface area contributed by atoms with Crippen LogP contribution >= 0.6 is 15.9 Å². The van der Waals surface area contributed by atoms with Crippen LogP contribution < -0.4 is 9.47 Å². The van der Waals surface area contributed by atoms with Gasteiger partial charge in [0.15, 0.2) is 0 Å². The fourth-order valence-electron chi connectivity index (χ4n) is 13.3. The molecule has 0 unspecified atom stereocenters. The minimum atomic E-state index is -0.618. The first kappa shape index (κ1) is 57.6. The van der Waals surface area contributed by atoms with Gasteiger partial charge in [0.1, 0.15) is 17.2 Å². The summed E-state index contributed by atoms with van der Waals surface area (Å²) in [6, 6.07) is 35.6. The van der Waals surface area contributed by atoms with E-state index < -0.39 is 23.8 Å². The molecule has 2 aliphatic rings. The van der Waals surface area contributed by atoms with Crippen molar-refractivity contribution < 1.29 is 52.8 Å². The first-order valence-electron chi connectivity index (χ1n) is 30.7. The van der Waals surface area contributed by atoms with Crippen LogP contribution in [-0.2, 0) is 33.7 Å². The zero-order chi connectivity index (χ0) is 60.2. The van der Waals surface area contributed by atoms with E-state index >= 15 is 0 Å². The molecular weight excluding hydrogens is 1160 g/mol. The van der Waals surface area contributed by atoms with Gasteiger partial charge in [-0.25, -0.2) is 14.4 Å². The van der Waals surface area contributed by atoms with Crippen LogP contribution in [0.25, 0.3) is 86.2 Å². The van der Waals surface area contributed by atoms with Crippen LogP contribution in [-0.4, -0.2) is 90.8 Å². The maximum Gasteiger partial charge on any atom is 0.338 e. The number of unbranched alkanes of at least 4 members (excludes halogenated alkanes) is 4. The van der Waals surface area contributed by atoms with Crippen LogP contribution in [0, 0.1) is 0 Å². The highest BCUT2D eigenvalue weighted by atomic mass is 79.9. The Bertz CT molecular complexity index is 4530. The number of amides is 2. The van der Waals surface area contributed by atoms with Crippen molar-refractivity contribution in [1.29, 1.82) is 0 Å². The van der Waals surface area contributed by atoms with Gasteiger partial charge in [-0.1, -0.05) is 130 Å². The molecule has 0 aromatic heterocycles. The molecule has 442 valence electrons. The molecule has 14 heteroatoms. The van der Waals surface area contributed by atoms with Crippen molar-refractivity contribution >= 4 is 132 Å². The Kier molecular flexibility index (Phi) is 15.9. The van der Waals surface area contributed by atoms with E-state index in [0.717, 1.165) is 107 Å². The van der Waals surface area contributed by atoms with E-state index in [1.807, 2.05) is 50.2 Å². The van der Waals surface area contributed by atoms with Crippen LogP contribution in [0.3, 0.4) is 0 Å². The van der Waals surface area contributed by atoms with E-state index in [4.69, 9.17) is 23.7 Å². The SMILES string of the molecule is CCCCOC(=O)c1ccc2c3ccc4c5c(ccc(c6ccc(OCCCC)c1c62)c53)CN(CCc1ccc(Oc2cc(C(=O)OCCCC)c3c(C(=O)OCCCC)ccc5c6c(Br)cc7c8c(ccc(c2c35)c86)C(=O)N(CCO)C7=O)cc1)C4. The minimum absolute atomic E-state index is 0.138. The lowest BCUT2D eigenvalue weighted by Crippen LogP contribution is -2.42. The molecule has 1 N–H and O–H groups in total. The first-order valence-corrected chi connectivity index (χ1v) is 31.5. The topological polar surface area (TPSA) is 158 Å². The summed E-state index contributed by atoms with van der Waals surface area (Å²) >= 11 is 3.82.